The minimum atomic E-state index is -0.0791. The van der Waals surface area contributed by atoms with Gasteiger partial charge in [0.25, 0.3) is 0 Å². The summed E-state index contributed by atoms with van der Waals surface area (Å²) in [6, 6.07) is 0. The number of hydrogen-bond acceptors (Lipinski definition) is 1. The molecule has 15 heavy (non-hydrogen) atoms. The van der Waals surface area contributed by atoms with E-state index in [1.807, 2.05) is 0 Å². The molecule has 0 aliphatic heterocycles. The van der Waals surface area contributed by atoms with Crippen LogP contribution < -0.4 is 0 Å². The van der Waals surface area contributed by atoms with E-state index in [4.69, 9.17) is 0 Å². The Morgan fingerprint density at radius 2 is 1.67 bits per heavy atom. The van der Waals surface area contributed by atoms with Crippen LogP contribution in [0.4, 0.5) is 0 Å². The Hall–Kier alpha value is -0.560. The lowest BCUT2D eigenvalue weighted by molar-refractivity contribution is 0.149. The van der Waals surface area contributed by atoms with Gasteiger partial charge < -0.3 is 5.11 Å². The fourth-order valence-corrected chi connectivity index (χ4v) is 1.44. The summed E-state index contributed by atoms with van der Waals surface area (Å²) in [6.07, 6.45) is 16.0. The highest BCUT2D eigenvalue weighted by Crippen LogP contribution is 2.08. The number of rotatable bonds is 9. The molecular formula is C14H26O. The van der Waals surface area contributed by atoms with Crippen molar-refractivity contribution in [2.45, 2.75) is 64.9 Å². The molecule has 0 aliphatic rings. The van der Waals surface area contributed by atoms with Gasteiger partial charge in [0.2, 0.25) is 0 Å². The van der Waals surface area contributed by atoms with Crippen molar-refractivity contribution in [3.8, 4) is 0 Å². The molecule has 0 heterocycles. The summed E-state index contributed by atoms with van der Waals surface area (Å²) < 4.78 is 0. The first-order valence-electron chi connectivity index (χ1n) is 6.31. The van der Waals surface area contributed by atoms with E-state index in [-0.39, 0.29) is 6.10 Å². The van der Waals surface area contributed by atoms with Crippen molar-refractivity contribution in [3.63, 3.8) is 0 Å². The average Bonchev–Trinajstić information content (AvgIpc) is 2.25. The molecule has 1 nitrogen and oxygen atoms in total. The second-order valence-corrected chi connectivity index (χ2v) is 3.99. The molecule has 0 aromatic rings. The molecule has 0 amide bonds. The van der Waals surface area contributed by atoms with E-state index in [2.05, 4.69) is 38.2 Å². The van der Waals surface area contributed by atoms with Crippen LogP contribution in [0.25, 0.3) is 0 Å². The molecule has 1 atom stereocenters. The maximum Gasteiger partial charge on any atom is 0.0540 e. The van der Waals surface area contributed by atoms with Crippen molar-refractivity contribution >= 4 is 0 Å². The van der Waals surface area contributed by atoms with Crippen molar-refractivity contribution in [2.24, 2.45) is 0 Å². The van der Waals surface area contributed by atoms with Crippen LogP contribution in [0.5, 0.6) is 0 Å². The number of unbranched alkanes of at least 4 members (excludes halogenated alkanes) is 2. The summed E-state index contributed by atoms with van der Waals surface area (Å²) in [7, 11) is 0. The van der Waals surface area contributed by atoms with Crippen molar-refractivity contribution in [1.82, 2.24) is 0 Å². The minimum absolute atomic E-state index is 0.0791. The molecule has 0 radical (unpaired) electrons. The van der Waals surface area contributed by atoms with Crippen LogP contribution in [-0.2, 0) is 0 Å². The van der Waals surface area contributed by atoms with Crippen LogP contribution in [0, 0.1) is 0 Å². The highest BCUT2D eigenvalue weighted by molar-refractivity contribution is 5.01. The molecule has 0 spiro atoms. The van der Waals surface area contributed by atoms with Gasteiger partial charge in [-0.3, -0.25) is 0 Å². The number of hydrogen-bond donors (Lipinski definition) is 1. The van der Waals surface area contributed by atoms with Crippen LogP contribution in [-0.4, -0.2) is 11.2 Å². The number of aliphatic hydroxyl groups excluding tert-OH is 1. The predicted molar refractivity (Wildman–Crippen MR) is 68.0 cm³/mol. The lowest BCUT2D eigenvalue weighted by Gasteiger charge is -2.07. The molecule has 0 aromatic carbocycles. The van der Waals surface area contributed by atoms with Crippen LogP contribution >= 0.6 is 0 Å². The summed E-state index contributed by atoms with van der Waals surface area (Å²) in [5.74, 6) is 0. The van der Waals surface area contributed by atoms with E-state index in [1.165, 1.54) is 6.42 Å². The first-order valence-corrected chi connectivity index (χ1v) is 6.31. The fourth-order valence-electron chi connectivity index (χ4n) is 1.44. The van der Waals surface area contributed by atoms with Crippen molar-refractivity contribution in [1.29, 1.82) is 0 Å². The Morgan fingerprint density at radius 3 is 2.33 bits per heavy atom. The van der Waals surface area contributed by atoms with Gasteiger partial charge in [0, 0.05) is 0 Å². The number of aliphatic hydroxyl groups is 1. The van der Waals surface area contributed by atoms with Crippen LogP contribution in [0.1, 0.15) is 58.8 Å². The molecule has 0 aromatic heterocycles. The summed E-state index contributed by atoms with van der Waals surface area (Å²) in [5.41, 5.74) is 0. The zero-order valence-corrected chi connectivity index (χ0v) is 10.3. The monoisotopic (exact) mass is 210 g/mol. The van der Waals surface area contributed by atoms with Crippen LogP contribution in [0.15, 0.2) is 24.3 Å². The van der Waals surface area contributed by atoms with Gasteiger partial charge in [-0.2, -0.15) is 0 Å². The van der Waals surface area contributed by atoms with Gasteiger partial charge in [-0.25, -0.2) is 0 Å². The molecule has 1 heteroatoms. The van der Waals surface area contributed by atoms with E-state index in [0.29, 0.717) is 0 Å². The van der Waals surface area contributed by atoms with Crippen LogP contribution in [0.3, 0.4) is 0 Å². The third-order valence-electron chi connectivity index (χ3n) is 2.42. The predicted octanol–water partition coefficient (Wildman–Crippen LogP) is 4.23. The second-order valence-electron chi connectivity index (χ2n) is 3.99. The molecule has 88 valence electrons. The Kier molecular flexibility index (Phi) is 11.1. The van der Waals surface area contributed by atoms with Crippen molar-refractivity contribution in [2.75, 3.05) is 0 Å². The zero-order valence-electron chi connectivity index (χ0n) is 10.3. The largest absolute Gasteiger partial charge is 0.393 e. The SMILES string of the molecule is CCC=C/C=C\CCCC(O)CCCC. The van der Waals surface area contributed by atoms with Gasteiger partial charge in [0.05, 0.1) is 6.10 Å². The highest BCUT2D eigenvalue weighted by atomic mass is 16.3. The fraction of sp³-hybridized carbons (Fsp3) is 0.714. The molecule has 0 saturated heterocycles. The van der Waals surface area contributed by atoms with Gasteiger partial charge in [-0.05, 0) is 32.1 Å². The molecule has 0 bridgehead atoms. The van der Waals surface area contributed by atoms with Gasteiger partial charge in [-0.15, -0.1) is 0 Å². The van der Waals surface area contributed by atoms with Crippen LogP contribution in [0.2, 0.25) is 0 Å². The number of allylic oxidation sites excluding steroid dienone is 4. The van der Waals surface area contributed by atoms with Crippen molar-refractivity contribution in [3.05, 3.63) is 24.3 Å². The smallest absolute Gasteiger partial charge is 0.0540 e. The zero-order chi connectivity index (χ0) is 11.4. The standard InChI is InChI=1S/C14H26O/c1-3-5-7-8-9-10-11-13-14(15)12-6-4-2/h5,7-9,14-15H,3-4,6,10-13H2,1-2H3/b7-5?,9-8-. The quantitative estimate of drug-likeness (QED) is 0.446. The van der Waals surface area contributed by atoms with Gasteiger partial charge in [-0.1, -0.05) is 51.0 Å². The Labute approximate surface area is 94.9 Å². The van der Waals surface area contributed by atoms with E-state index < -0.39 is 0 Å². The van der Waals surface area contributed by atoms with Gasteiger partial charge in [0.1, 0.15) is 0 Å². The van der Waals surface area contributed by atoms with E-state index in [9.17, 15) is 5.11 Å². The summed E-state index contributed by atoms with van der Waals surface area (Å²) in [6.45, 7) is 4.30. The molecule has 0 saturated carbocycles. The van der Waals surface area contributed by atoms with E-state index in [1.54, 1.807) is 0 Å². The Balaban J connectivity index is 3.29. The molecule has 0 rings (SSSR count). The Morgan fingerprint density at radius 1 is 1.00 bits per heavy atom. The molecular weight excluding hydrogens is 184 g/mol. The maximum absolute atomic E-state index is 9.58. The first kappa shape index (κ1) is 14.4. The lowest BCUT2D eigenvalue weighted by Crippen LogP contribution is -2.05. The topological polar surface area (TPSA) is 20.2 Å². The van der Waals surface area contributed by atoms with E-state index in [0.717, 1.165) is 38.5 Å². The van der Waals surface area contributed by atoms with Crippen molar-refractivity contribution < 1.29 is 5.11 Å². The highest BCUT2D eigenvalue weighted by Gasteiger charge is 2.01. The van der Waals surface area contributed by atoms with Gasteiger partial charge >= 0.3 is 0 Å². The first-order chi connectivity index (χ1) is 7.31. The summed E-state index contributed by atoms with van der Waals surface area (Å²) in [4.78, 5) is 0. The molecule has 0 aliphatic carbocycles. The maximum atomic E-state index is 9.58. The average molecular weight is 210 g/mol. The Bertz CT molecular complexity index is 170. The second kappa shape index (κ2) is 11.5. The third kappa shape index (κ3) is 11.4. The molecule has 1 N–H and O–H groups in total. The lowest BCUT2D eigenvalue weighted by atomic mass is 10.1. The van der Waals surface area contributed by atoms with Gasteiger partial charge in [0.15, 0.2) is 0 Å². The minimum Gasteiger partial charge on any atom is -0.393 e. The molecule has 0 fully saturated rings. The third-order valence-corrected chi connectivity index (χ3v) is 2.42. The van der Waals surface area contributed by atoms with E-state index >= 15 is 0 Å². The molecule has 1 unspecified atom stereocenters. The summed E-state index contributed by atoms with van der Waals surface area (Å²) in [5, 5.41) is 9.58. The normalized spacial score (nSPS) is 14.1. The summed E-state index contributed by atoms with van der Waals surface area (Å²) >= 11 is 0.